The minimum atomic E-state index is -3.64. The first-order chi connectivity index (χ1) is 17.5. The van der Waals surface area contributed by atoms with Crippen molar-refractivity contribution in [1.29, 1.82) is 0 Å². The number of nitrogens with one attached hydrogen (secondary N) is 1. The molecule has 0 aliphatic carbocycles. The second-order valence-electron chi connectivity index (χ2n) is 9.28. The van der Waals surface area contributed by atoms with E-state index in [1.165, 1.54) is 10.6 Å². The zero-order valence-electron chi connectivity index (χ0n) is 20.5. The van der Waals surface area contributed by atoms with Crippen LogP contribution in [0.15, 0.2) is 72.8 Å². The molecule has 1 aliphatic heterocycles. The van der Waals surface area contributed by atoms with Crippen molar-refractivity contribution in [2.45, 2.75) is 25.1 Å². The van der Waals surface area contributed by atoms with E-state index in [-0.39, 0.29) is 24.5 Å². The third-order valence-corrected chi connectivity index (χ3v) is 7.96. The van der Waals surface area contributed by atoms with E-state index in [9.17, 15) is 18.3 Å². The Morgan fingerprint density at radius 2 is 1.57 bits per heavy atom. The Labute approximate surface area is 227 Å². The number of rotatable bonds is 9. The second-order valence-corrected chi connectivity index (χ2v) is 12.0. The highest BCUT2D eigenvalue weighted by molar-refractivity contribution is 7.92. The normalized spacial score (nSPS) is 15.3. The number of hydrogen-bond donors (Lipinski definition) is 2. The number of hydrogen-bond acceptors (Lipinski definition) is 5. The molecule has 1 heterocycles. The topological polar surface area (TPSA) is 89.9 Å². The van der Waals surface area contributed by atoms with E-state index in [2.05, 4.69) is 10.2 Å². The van der Waals surface area contributed by atoms with Crippen LogP contribution in [0.1, 0.15) is 34.5 Å². The molecule has 1 amide bonds. The summed E-state index contributed by atoms with van der Waals surface area (Å²) >= 11 is 12.2. The molecule has 1 unspecified atom stereocenters. The standard InChI is InChI=1S/C27H29Cl2N3O4S/c1-18(33)15-30-27(34)21-4-3-5-24(14-21)32(37(2,35)36)25-16-31(17-25)26(19-6-10-22(28)11-7-19)20-8-12-23(29)13-9-20/h3-14,18,25-26,33H,15-17H2,1-2H3,(H,30,34). The van der Waals surface area contributed by atoms with Crippen LogP contribution in [0, 0.1) is 0 Å². The Balaban J connectivity index is 1.59. The molecule has 1 saturated heterocycles. The highest BCUT2D eigenvalue weighted by Crippen LogP contribution is 2.36. The van der Waals surface area contributed by atoms with Crippen molar-refractivity contribution >= 4 is 44.8 Å². The third kappa shape index (κ3) is 6.64. The lowest BCUT2D eigenvalue weighted by molar-refractivity contribution is 0.0924. The zero-order chi connectivity index (χ0) is 26.7. The molecule has 0 aromatic heterocycles. The molecule has 4 rings (SSSR count). The van der Waals surface area contributed by atoms with Gasteiger partial charge in [0.05, 0.1) is 30.1 Å². The first kappa shape index (κ1) is 27.4. The maximum absolute atomic E-state index is 12.9. The highest BCUT2D eigenvalue weighted by Gasteiger charge is 2.40. The summed E-state index contributed by atoms with van der Waals surface area (Å²) in [5, 5.41) is 13.4. The van der Waals surface area contributed by atoms with Crippen LogP contribution >= 0.6 is 23.2 Å². The van der Waals surface area contributed by atoms with Gasteiger partial charge in [0.2, 0.25) is 10.0 Å². The number of anilines is 1. The number of likely N-dealkylation sites (tertiary alicyclic amines) is 1. The molecule has 1 atom stereocenters. The second kappa shape index (κ2) is 11.4. The van der Waals surface area contributed by atoms with Crippen LogP contribution in [0.3, 0.4) is 0 Å². The monoisotopic (exact) mass is 561 g/mol. The van der Waals surface area contributed by atoms with Gasteiger partial charge in [0.1, 0.15) is 0 Å². The first-order valence-electron chi connectivity index (χ1n) is 11.8. The average molecular weight is 563 g/mol. The molecule has 0 saturated carbocycles. The lowest BCUT2D eigenvalue weighted by Crippen LogP contribution is -2.61. The summed E-state index contributed by atoms with van der Waals surface area (Å²) in [6.45, 7) is 2.65. The predicted molar refractivity (Wildman–Crippen MR) is 148 cm³/mol. The Morgan fingerprint density at radius 1 is 1.03 bits per heavy atom. The summed E-state index contributed by atoms with van der Waals surface area (Å²) in [5.74, 6) is -0.378. The van der Waals surface area contributed by atoms with E-state index in [1.807, 2.05) is 48.5 Å². The van der Waals surface area contributed by atoms with Gasteiger partial charge < -0.3 is 10.4 Å². The lowest BCUT2D eigenvalue weighted by Gasteiger charge is -2.48. The summed E-state index contributed by atoms with van der Waals surface area (Å²) in [5.41, 5.74) is 2.82. The largest absolute Gasteiger partial charge is 0.392 e. The quantitative estimate of drug-likeness (QED) is 0.405. The van der Waals surface area contributed by atoms with Crippen LogP contribution in [-0.2, 0) is 10.0 Å². The van der Waals surface area contributed by atoms with Crippen LogP contribution < -0.4 is 9.62 Å². The fraction of sp³-hybridized carbons (Fsp3) is 0.296. The van der Waals surface area contributed by atoms with Gasteiger partial charge >= 0.3 is 0 Å². The smallest absolute Gasteiger partial charge is 0.251 e. The number of halogens is 2. The Bertz CT molecular complexity index is 1300. The maximum Gasteiger partial charge on any atom is 0.251 e. The van der Waals surface area contributed by atoms with Crippen molar-refractivity contribution in [2.75, 3.05) is 30.2 Å². The summed E-state index contributed by atoms with van der Waals surface area (Å²) in [7, 11) is -3.64. The Hall–Kier alpha value is -2.62. The first-order valence-corrected chi connectivity index (χ1v) is 14.4. The number of amides is 1. The number of benzene rings is 3. The number of carbonyl (C=O) groups is 1. The number of sulfonamides is 1. The van der Waals surface area contributed by atoms with E-state index in [1.54, 1.807) is 31.2 Å². The highest BCUT2D eigenvalue weighted by atomic mass is 35.5. The van der Waals surface area contributed by atoms with Crippen LogP contribution in [0.4, 0.5) is 5.69 Å². The minimum absolute atomic E-state index is 0.104. The molecule has 196 valence electrons. The number of aliphatic hydroxyl groups excluding tert-OH is 1. The molecule has 0 radical (unpaired) electrons. The minimum Gasteiger partial charge on any atom is -0.392 e. The molecule has 1 fully saturated rings. The summed E-state index contributed by atoms with van der Waals surface area (Å²) in [4.78, 5) is 14.7. The molecular weight excluding hydrogens is 533 g/mol. The van der Waals surface area contributed by atoms with Crippen molar-refractivity contribution in [2.24, 2.45) is 0 Å². The van der Waals surface area contributed by atoms with Crippen LogP contribution in [0.5, 0.6) is 0 Å². The SMILES string of the molecule is CC(O)CNC(=O)c1cccc(N(C2CN(C(c3ccc(Cl)cc3)c3ccc(Cl)cc3)C2)S(C)(=O)=O)c1. The summed E-state index contributed by atoms with van der Waals surface area (Å²) in [6, 6.07) is 21.4. The fourth-order valence-electron chi connectivity index (χ4n) is 4.55. The molecule has 1 aliphatic rings. The van der Waals surface area contributed by atoms with Gasteiger partial charge in [-0.2, -0.15) is 0 Å². The number of nitrogens with zero attached hydrogens (tertiary/aromatic N) is 2. The molecule has 2 N–H and O–H groups in total. The summed E-state index contributed by atoms with van der Waals surface area (Å²) < 4.78 is 27.2. The fourth-order valence-corrected chi connectivity index (χ4v) is 5.97. The van der Waals surface area contributed by atoms with Gasteiger partial charge in [-0.1, -0.05) is 53.5 Å². The van der Waals surface area contributed by atoms with Gasteiger partial charge in [-0.05, 0) is 60.5 Å². The van der Waals surface area contributed by atoms with Gasteiger partial charge in [0, 0.05) is 35.2 Å². The van der Waals surface area contributed by atoms with E-state index in [0.29, 0.717) is 34.4 Å². The van der Waals surface area contributed by atoms with E-state index in [4.69, 9.17) is 23.2 Å². The number of carbonyl (C=O) groups excluding carboxylic acids is 1. The lowest BCUT2D eigenvalue weighted by atomic mass is 9.93. The molecule has 10 heteroatoms. The van der Waals surface area contributed by atoms with E-state index in [0.717, 1.165) is 11.1 Å². The van der Waals surface area contributed by atoms with Crippen LogP contribution in [0.2, 0.25) is 10.0 Å². The van der Waals surface area contributed by atoms with Crippen LogP contribution in [0.25, 0.3) is 0 Å². The van der Waals surface area contributed by atoms with Crippen LogP contribution in [-0.4, -0.2) is 62.4 Å². The van der Waals surface area contributed by atoms with Crippen molar-refractivity contribution < 1.29 is 18.3 Å². The van der Waals surface area contributed by atoms with Crippen molar-refractivity contribution in [1.82, 2.24) is 10.2 Å². The average Bonchev–Trinajstić information content (AvgIpc) is 2.82. The molecule has 7 nitrogen and oxygen atoms in total. The van der Waals surface area contributed by atoms with Gasteiger partial charge in [-0.3, -0.25) is 14.0 Å². The third-order valence-electron chi connectivity index (χ3n) is 6.24. The van der Waals surface area contributed by atoms with Crippen molar-refractivity contribution in [3.63, 3.8) is 0 Å². The molecule has 3 aromatic carbocycles. The van der Waals surface area contributed by atoms with Gasteiger partial charge in [0.15, 0.2) is 0 Å². The maximum atomic E-state index is 12.9. The van der Waals surface area contributed by atoms with Crippen molar-refractivity contribution in [3.05, 3.63) is 99.5 Å². The van der Waals surface area contributed by atoms with Gasteiger partial charge in [-0.25, -0.2) is 8.42 Å². The molecule has 0 bridgehead atoms. The molecular formula is C27H29Cl2N3O4S. The van der Waals surface area contributed by atoms with E-state index >= 15 is 0 Å². The van der Waals surface area contributed by atoms with Crippen molar-refractivity contribution in [3.8, 4) is 0 Å². The zero-order valence-corrected chi connectivity index (χ0v) is 22.8. The summed E-state index contributed by atoms with van der Waals surface area (Å²) in [6.07, 6.45) is 0.487. The van der Waals surface area contributed by atoms with E-state index < -0.39 is 16.1 Å². The molecule has 37 heavy (non-hydrogen) atoms. The predicted octanol–water partition coefficient (Wildman–Crippen LogP) is 4.34. The Kier molecular flexibility index (Phi) is 8.46. The molecule has 0 spiro atoms. The Morgan fingerprint density at radius 3 is 2.05 bits per heavy atom. The van der Waals surface area contributed by atoms with Gasteiger partial charge in [0.25, 0.3) is 5.91 Å². The van der Waals surface area contributed by atoms with Gasteiger partial charge in [-0.15, -0.1) is 0 Å². The number of aliphatic hydroxyl groups is 1. The molecule has 3 aromatic rings.